The molecule has 1 aliphatic rings. The van der Waals surface area contributed by atoms with E-state index in [0.717, 1.165) is 16.9 Å². The molecule has 0 aliphatic carbocycles. The van der Waals surface area contributed by atoms with Crippen molar-refractivity contribution in [1.29, 1.82) is 0 Å². The van der Waals surface area contributed by atoms with Crippen molar-refractivity contribution in [2.24, 2.45) is 0 Å². The maximum atomic E-state index is 11.8. The Morgan fingerprint density at radius 2 is 1.65 bits per heavy atom. The molecule has 0 saturated carbocycles. The third-order valence-electron chi connectivity index (χ3n) is 4.10. The first kappa shape index (κ1) is 15.1. The lowest BCUT2D eigenvalue weighted by molar-refractivity contribution is -0.116. The molecule has 5 nitrogen and oxygen atoms in total. The van der Waals surface area contributed by atoms with Gasteiger partial charge in [-0.15, -0.1) is 0 Å². The molecule has 0 bridgehead atoms. The Bertz CT molecular complexity index is 757. The van der Waals surface area contributed by atoms with Crippen LogP contribution in [0, 0.1) is 0 Å². The highest BCUT2D eigenvalue weighted by molar-refractivity contribution is 5.96. The Morgan fingerprint density at radius 3 is 2.35 bits per heavy atom. The molecule has 1 N–H and O–H groups in total. The summed E-state index contributed by atoms with van der Waals surface area (Å²) in [6.07, 6.45) is 0. The van der Waals surface area contributed by atoms with E-state index < -0.39 is 5.97 Å². The van der Waals surface area contributed by atoms with Crippen LogP contribution >= 0.6 is 0 Å². The lowest BCUT2D eigenvalue weighted by atomic mass is 10.1. The van der Waals surface area contributed by atoms with Crippen LogP contribution in [0.3, 0.4) is 0 Å². The van der Waals surface area contributed by atoms with Crippen LogP contribution in [0.1, 0.15) is 22.8 Å². The van der Waals surface area contributed by atoms with Gasteiger partial charge in [0.05, 0.1) is 16.9 Å². The van der Waals surface area contributed by atoms with E-state index in [9.17, 15) is 14.7 Å². The van der Waals surface area contributed by atoms with Gasteiger partial charge in [-0.1, -0.05) is 30.3 Å². The van der Waals surface area contributed by atoms with Crippen molar-refractivity contribution in [3.8, 4) is 0 Å². The second-order valence-corrected chi connectivity index (χ2v) is 5.54. The molecule has 2 aromatic carbocycles. The van der Waals surface area contributed by atoms with E-state index >= 15 is 0 Å². The Kier molecular flexibility index (Phi) is 4.02. The summed E-state index contributed by atoms with van der Waals surface area (Å²) in [4.78, 5) is 27.1. The number of carboxylic acid groups (broad SMARTS) is 1. The van der Waals surface area contributed by atoms with Gasteiger partial charge < -0.3 is 14.9 Å². The Balaban J connectivity index is 1.95. The molecule has 0 unspecified atom stereocenters. The third kappa shape index (κ3) is 2.90. The fraction of sp³-hybridized carbons (Fsp3) is 0.222. The van der Waals surface area contributed by atoms with Crippen LogP contribution in [-0.2, 0) is 11.3 Å². The van der Waals surface area contributed by atoms with Gasteiger partial charge in [0.25, 0.3) is 0 Å². The molecule has 0 aromatic heterocycles. The van der Waals surface area contributed by atoms with E-state index in [0.29, 0.717) is 25.2 Å². The maximum absolute atomic E-state index is 11.8. The summed E-state index contributed by atoms with van der Waals surface area (Å²) in [5.41, 5.74) is 2.92. The van der Waals surface area contributed by atoms with Crippen LogP contribution in [0.5, 0.6) is 0 Å². The highest BCUT2D eigenvalue weighted by atomic mass is 16.4. The molecule has 0 radical (unpaired) electrons. The molecule has 0 atom stereocenters. The topological polar surface area (TPSA) is 60.9 Å². The predicted octanol–water partition coefficient (Wildman–Crippen LogP) is 2.76. The van der Waals surface area contributed by atoms with E-state index in [1.807, 2.05) is 36.4 Å². The van der Waals surface area contributed by atoms with Crippen molar-refractivity contribution in [3.05, 3.63) is 59.7 Å². The molecule has 1 amide bonds. The lowest BCUT2D eigenvalue weighted by Crippen LogP contribution is -2.43. The molecule has 23 heavy (non-hydrogen) atoms. The van der Waals surface area contributed by atoms with Crippen molar-refractivity contribution < 1.29 is 14.7 Å². The SMILES string of the molecule is CC(=O)N1CCN(Cc2ccccc2C(=O)O)c2ccccc21. The van der Waals surface area contributed by atoms with Gasteiger partial charge in [0.1, 0.15) is 0 Å². The summed E-state index contributed by atoms with van der Waals surface area (Å²) in [5.74, 6) is -0.903. The standard InChI is InChI=1S/C18H18N2O3/c1-13(21)20-11-10-19(16-8-4-5-9-17(16)20)12-14-6-2-3-7-15(14)18(22)23/h2-9H,10-12H2,1H3,(H,22,23). The van der Waals surface area contributed by atoms with Gasteiger partial charge in [-0.25, -0.2) is 4.79 Å². The monoisotopic (exact) mass is 310 g/mol. The number of benzene rings is 2. The summed E-state index contributed by atoms with van der Waals surface area (Å²) in [6, 6.07) is 14.8. The zero-order chi connectivity index (χ0) is 16.4. The zero-order valence-corrected chi connectivity index (χ0v) is 12.9. The average Bonchev–Trinajstić information content (AvgIpc) is 2.55. The van der Waals surface area contributed by atoms with Crippen molar-refractivity contribution >= 4 is 23.3 Å². The van der Waals surface area contributed by atoms with E-state index in [1.54, 1.807) is 24.0 Å². The fourth-order valence-corrected chi connectivity index (χ4v) is 2.99. The minimum atomic E-state index is -0.920. The van der Waals surface area contributed by atoms with Crippen LogP contribution in [0.2, 0.25) is 0 Å². The molecular weight excluding hydrogens is 292 g/mol. The Morgan fingerprint density at radius 1 is 1.00 bits per heavy atom. The summed E-state index contributed by atoms with van der Waals surface area (Å²) in [6.45, 7) is 3.34. The smallest absolute Gasteiger partial charge is 0.336 e. The molecule has 5 heteroatoms. The zero-order valence-electron chi connectivity index (χ0n) is 12.9. The van der Waals surface area contributed by atoms with Gasteiger partial charge in [0.2, 0.25) is 5.91 Å². The highest BCUT2D eigenvalue weighted by Gasteiger charge is 2.25. The number of hydrogen-bond acceptors (Lipinski definition) is 3. The Labute approximate surface area is 134 Å². The quantitative estimate of drug-likeness (QED) is 0.947. The van der Waals surface area contributed by atoms with Crippen LogP contribution in [0.25, 0.3) is 0 Å². The first-order valence-corrected chi connectivity index (χ1v) is 7.51. The molecule has 0 saturated heterocycles. The number of para-hydroxylation sites is 2. The molecular formula is C18H18N2O3. The number of amides is 1. The second kappa shape index (κ2) is 6.12. The number of carbonyl (C=O) groups excluding carboxylic acids is 1. The summed E-state index contributed by atoms with van der Waals surface area (Å²) in [5, 5.41) is 9.33. The first-order chi connectivity index (χ1) is 11.1. The van der Waals surface area contributed by atoms with Crippen molar-refractivity contribution in [2.75, 3.05) is 22.9 Å². The normalized spacial score (nSPS) is 13.6. The molecule has 1 aliphatic heterocycles. The summed E-state index contributed by atoms with van der Waals surface area (Å²) in [7, 11) is 0. The van der Waals surface area contributed by atoms with Gasteiger partial charge in [0.15, 0.2) is 0 Å². The molecule has 0 fully saturated rings. The minimum Gasteiger partial charge on any atom is -0.478 e. The van der Waals surface area contributed by atoms with Crippen LogP contribution in [0.15, 0.2) is 48.5 Å². The van der Waals surface area contributed by atoms with E-state index in [-0.39, 0.29) is 5.91 Å². The average molecular weight is 310 g/mol. The van der Waals surface area contributed by atoms with E-state index in [4.69, 9.17) is 0 Å². The number of carboxylic acids is 1. The Hall–Kier alpha value is -2.82. The fourth-order valence-electron chi connectivity index (χ4n) is 2.99. The van der Waals surface area contributed by atoms with Crippen LogP contribution in [0.4, 0.5) is 11.4 Å². The van der Waals surface area contributed by atoms with Crippen LogP contribution < -0.4 is 9.80 Å². The van der Waals surface area contributed by atoms with Gasteiger partial charge >= 0.3 is 5.97 Å². The van der Waals surface area contributed by atoms with E-state index in [2.05, 4.69) is 4.90 Å². The maximum Gasteiger partial charge on any atom is 0.336 e. The number of hydrogen-bond donors (Lipinski definition) is 1. The first-order valence-electron chi connectivity index (χ1n) is 7.51. The second-order valence-electron chi connectivity index (χ2n) is 5.54. The lowest BCUT2D eigenvalue weighted by Gasteiger charge is -2.37. The van der Waals surface area contributed by atoms with Crippen LogP contribution in [-0.4, -0.2) is 30.1 Å². The van der Waals surface area contributed by atoms with Crippen molar-refractivity contribution in [2.45, 2.75) is 13.5 Å². The number of nitrogens with zero attached hydrogens (tertiary/aromatic N) is 2. The van der Waals surface area contributed by atoms with E-state index in [1.165, 1.54) is 0 Å². The number of carbonyl (C=O) groups is 2. The minimum absolute atomic E-state index is 0.0167. The summed E-state index contributed by atoms with van der Waals surface area (Å²) >= 11 is 0. The number of anilines is 2. The third-order valence-corrected chi connectivity index (χ3v) is 4.10. The molecule has 3 rings (SSSR count). The largest absolute Gasteiger partial charge is 0.478 e. The molecule has 0 spiro atoms. The van der Waals surface area contributed by atoms with Gasteiger partial charge in [-0.3, -0.25) is 4.79 Å². The van der Waals surface area contributed by atoms with Gasteiger partial charge in [-0.05, 0) is 23.8 Å². The predicted molar refractivity (Wildman–Crippen MR) is 88.9 cm³/mol. The number of aromatic carboxylic acids is 1. The highest BCUT2D eigenvalue weighted by Crippen LogP contribution is 2.34. The number of rotatable bonds is 3. The summed E-state index contributed by atoms with van der Waals surface area (Å²) < 4.78 is 0. The number of fused-ring (bicyclic) bond motifs is 1. The molecule has 118 valence electrons. The van der Waals surface area contributed by atoms with Gasteiger partial charge in [-0.2, -0.15) is 0 Å². The van der Waals surface area contributed by atoms with Crippen molar-refractivity contribution in [3.63, 3.8) is 0 Å². The van der Waals surface area contributed by atoms with Gasteiger partial charge in [0, 0.05) is 26.6 Å². The van der Waals surface area contributed by atoms with Crippen molar-refractivity contribution in [1.82, 2.24) is 0 Å². The molecule has 1 heterocycles. The molecule has 2 aromatic rings.